The Balaban J connectivity index is 1.94. The molecular weight excluding hydrogens is 318 g/mol. The van der Waals surface area contributed by atoms with E-state index in [1.54, 1.807) is 0 Å². The SMILES string of the molecule is CC(C)C(NCCCS(C)(=O)=O)c1ccc(C2CCCCC2)cc1. The minimum atomic E-state index is -2.87. The molecule has 24 heavy (non-hydrogen) atoms. The maximum atomic E-state index is 11.2. The van der Waals surface area contributed by atoms with Gasteiger partial charge in [0.05, 0.1) is 5.75 Å². The number of benzene rings is 1. The summed E-state index contributed by atoms with van der Waals surface area (Å²) in [5.41, 5.74) is 2.79. The monoisotopic (exact) mass is 351 g/mol. The molecule has 0 radical (unpaired) electrons. The average Bonchev–Trinajstić information content (AvgIpc) is 2.54. The summed E-state index contributed by atoms with van der Waals surface area (Å²) in [6.07, 6.45) is 8.75. The summed E-state index contributed by atoms with van der Waals surface area (Å²) in [6, 6.07) is 9.42. The molecule has 0 spiro atoms. The molecule has 3 nitrogen and oxygen atoms in total. The van der Waals surface area contributed by atoms with Gasteiger partial charge in [-0.15, -0.1) is 0 Å². The first kappa shape index (κ1) is 19.5. The van der Waals surface area contributed by atoms with Crippen LogP contribution in [0.4, 0.5) is 0 Å². The number of sulfone groups is 1. The molecule has 0 bridgehead atoms. The summed E-state index contributed by atoms with van der Waals surface area (Å²) >= 11 is 0. The molecule has 1 atom stereocenters. The minimum absolute atomic E-state index is 0.255. The van der Waals surface area contributed by atoms with E-state index in [2.05, 4.69) is 43.4 Å². The van der Waals surface area contributed by atoms with Crippen molar-refractivity contribution in [2.75, 3.05) is 18.6 Å². The van der Waals surface area contributed by atoms with Crippen LogP contribution in [0.25, 0.3) is 0 Å². The van der Waals surface area contributed by atoms with Crippen molar-refractivity contribution in [3.05, 3.63) is 35.4 Å². The number of rotatable bonds is 8. The fraction of sp³-hybridized carbons (Fsp3) is 0.700. The van der Waals surface area contributed by atoms with E-state index < -0.39 is 9.84 Å². The molecule has 1 saturated carbocycles. The van der Waals surface area contributed by atoms with Crippen molar-refractivity contribution in [2.45, 2.75) is 64.3 Å². The summed E-state index contributed by atoms with van der Waals surface area (Å²) in [4.78, 5) is 0. The highest BCUT2D eigenvalue weighted by atomic mass is 32.2. The third-order valence-corrected chi connectivity index (χ3v) is 6.13. The standard InChI is InChI=1S/C20H33NO2S/c1-16(2)20(21-14-7-15-24(3,22)23)19-12-10-18(11-13-19)17-8-5-4-6-9-17/h10-13,16-17,20-21H,4-9,14-15H2,1-3H3. The zero-order valence-corrected chi connectivity index (χ0v) is 16.2. The van der Waals surface area contributed by atoms with Gasteiger partial charge in [0, 0.05) is 12.3 Å². The van der Waals surface area contributed by atoms with Crippen molar-refractivity contribution >= 4 is 9.84 Å². The van der Waals surface area contributed by atoms with Gasteiger partial charge in [-0.25, -0.2) is 8.42 Å². The van der Waals surface area contributed by atoms with Crippen LogP contribution in [0.15, 0.2) is 24.3 Å². The van der Waals surface area contributed by atoms with Crippen LogP contribution in [0, 0.1) is 5.92 Å². The van der Waals surface area contributed by atoms with Crippen molar-refractivity contribution in [2.24, 2.45) is 5.92 Å². The summed E-state index contributed by atoms with van der Waals surface area (Å²) in [6.45, 7) is 5.16. The third-order valence-electron chi connectivity index (χ3n) is 5.09. The Labute approximate surface area is 148 Å². The molecule has 1 unspecified atom stereocenters. The van der Waals surface area contributed by atoms with Crippen LogP contribution in [-0.2, 0) is 9.84 Å². The molecule has 0 saturated heterocycles. The molecule has 136 valence electrons. The van der Waals surface area contributed by atoms with Gasteiger partial charge in [-0.3, -0.25) is 0 Å². The molecule has 0 heterocycles. The topological polar surface area (TPSA) is 46.2 Å². The van der Waals surface area contributed by atoms with Gasteiger partial charge in [0.15, 0.2) is 0 Å². The fourth-order valence-electron chi connectivity index (χ4n) is 3.74. The van der Waals surface area contributed by atoms with Crippen molar-refractivity contribution in [1.29, 1.82) is 0 Å². The van der Waals surface area contributed by atoms with Crippen LogP contribution in [0.2, 0.25) is 0 Å². The number of nitrogens with one attached hydrogen (secondary N) is 1. The van der Waals surface area contributed by atoms with Crippen LogP contribution < -0.4 is 5.32 Å². The van der Waals surface area contributed by atoms with Crippen LogP contribution in [0.3, 0.4) is 0 Å². The zero-order chi connectivity index (χ0) is 17.6. The predicted octanol–water partition coefficient (Wildman–Crippen LogP) is 4.46. The lowest BCUT2D eigenvalue weighted by Crippen LogP contribution is -2.27. The summed E-state index contributed by atoms with van der Waals surface area (Å²) in [5, 5.41) is 3.54. The highest BCUT2D eigenvalue weighted by Gasteiger charge is 2.18. The minimum Gasteiger partial charge on any atom is -0.310 e. The Bertz CT molecular complexity index is 587. The van der Waals surface area contributed by atoms with Crippen molar-refractivity contribution in [3.8, 4) is 0 Å². The maximum Gasteiger partial charge on any atom is 0.147 e. The van der Waals surface area contributed by atoms with Gasteiger partial charge in [-0.05, 0) is 48.8 Å². The molecule has 1 aromatic carbocycles. The van der Waals surface area contributed by atoms with Crippen LogP contribution in [0.5, 0.6) is 0 Å². The largest absolute Gasteiger partial charge is 0.310 e. The molecule has 4 heteroatoms. The second-order valence-corrected chi connectivity index (χ2v) is 9.92. The Morgan fingerprint density at radius 3 is 2.25 bits per heavy atom. The van der Waals surface area contributed by atoms with Crippen molar-refractivity contribution in [3.63, 3.8) is 0 Å². The van der Waals surface area contributed by atoms with Gasteiger partial charge in [0.1, 0.15) is 9.84 Å². The highest BCUT2D eigenvalue weighted by molar-refractivity contribution is 7.90. The van der Waals surface area contributed by atoms with Gasteiger partial charge >= 0.3 is 0 Å². The van der Waals surface area contributed by atoms with Crippen LogP contribution in [0.1, 0.15) is 75.5 Å². The van der Waals surface area contributed by atoms with Crippen LogP contribution >= 0.6 is 0 Å². The van der Waals surface area contributed by atoms with E-state index in [0.29, 0.717) is 12.3 Å². The van der Waals surface area contributed by atoms with E-state index in [4.69, 9.17) is 0 Å². The van der Waals surface area contributed by atoms with Crippen molar-refractivity contribution < 1.29 is 8.42 Å². The van der Waals surface area contributed by atoms with Crippen molar-refractivity contribution in [1.82, 2.24) is 5.32 Å². The maximum absolute atomic E-state index is 11.2. The quantitative estimate of drug-likeness (QED) is 0.704. The lowest BCUT2D eigenvalue weighted by Gasteiger charge is -2.25. The molecule has 1 fully saturated rings. The molecule has 0 aliphatic heterocycles. The first-order valence-electron chi connectivity index (χ1n) is 9.38. The normalized spacial score (nSPS) is 18.0. The van der Waals surface area contributed by atoms with Gasteiger partial charge in [0.25, 0.3) is 0 Å². The van der Waals surface area contributed by atoms with E-state index in [1.165, 1.54) is 49.5 Å². The van der Waals surface area contributed by atoms with Gasteiger partial charge in [-0.2, -0.15) is 0 Å². The Kier molecular flexibility index (Phi) is 7.30. The Morgan fingerprint density at radius 2 is 1.71 bits per heavy atom. The molecule has 2 rings (SSSR count). The second-order valence-electron chi connectivity index (χ2n) is 7.66. The third kappa shape index (κ3) is 6.21. The lowest BCUT2D eigenvalue weighted by atomic mass is 9.83. The van der Waals surface area contributed by atoms with E-state index in [0.717, 1.165) is 12.5 Å². The summed E-state index contributed by atoms with van der Waals surface area (Å²) in [7, 11) is -2.87. The van der Waals surface area contributed by atoms with E-state index >= 15 is 0 Å². The fourth-order valence-corrected chi connectivity index (χ4v) is 4.41. The summed E-state index contributed by atoms with van der Waals surface area (Å²) in [5.74, 6) is 1.47. The first-order valence-corrected chi connectivity index (χ1v) is 11.4. The highest BCUT2D eigenvalue weighted by Crippen LogP contribution is 2.33. The first-order chi connectivity index (χ1) is 11.4. The van der Waals surface area contributed by atoms with Gasteiger partial charge in [0.2, 0.25) is 0 Å². The molecule has 0 amide bonds. The van der Waals surface area contributed by atoms with E-state index in [-0.39, 0.29) is 11.8 Å². The summed E-state index contributed by atoms with van der Waals surface area (Å²) < 4.78 is 22.5. The number of hydrogen-bond acceptors (Lipinski definition) is 3. The molecule has 1 aromatic rings. The molecule has 1 aliphatic rings. The van der Waals surface area contributed by atoms with Gasteiger partial charge in [-0.1, -0.05) is 57.4 Å². The zero-order valence-electron chi connectivity index (χ0n) is 15.4. The van der Waals surface area contributed by atoms with Crippen LogP contribution in [-0.4, -0.2) is 27.0 Å². The molecular formula is C20H33NO2S. The Morgan fingerprint density at radius 1 is 1.08 bits per heavy atom. The predicted molar refractivity (Wildman–Crippen MR) is 102 cm³/mol. The smallest absolute Gasteiger partial charge is 0.147 e. The average molecular weight is 352 g/mol. The molecule has 1 N–H and O–H groups in total. The number of hydrogen-bond donors (Lipinski definition) is 1. The second kappa shape index (κ2) is 9.00. The van der Waals surface area contributed by atoms with E-state index in [1.807, 2.05) is 0 Å². The van der Waals surface area contributed by atoms with E-state index in [9.17, 15) is 8.42 Å². The van der Waals surface area contributed by atoms with Gasteiger partial charge < -0.3 is 5.32 Å². The lowest BCUT2D eigenvalue weighted by molar-refractivity contribution is 0.412. The molecule has 0 aromatic heterocycles. The molecule has 1 aliphatic carbocycles. The Hall–Kier alpha value is -0.870.